The zero-order chi connectivity index (χ0) is 9.97. The van der Waals surface area contributed by atoms with Crippen LogP contribution in [0.1, 0.15) is 11.5 Å². The van der Waals surface area contributed by atoms with Crippen molar-refractivity contribution in [2.75, 3.05) is 11.5 Å². The van der Waals surface area contributed by atoms with E-state index in [1.165, 1.54) is 0 Å². The topological polar surface area (TPSA) is 91.0 Å². The molecule has 5 nitrogen and oxygen atoms in total. The van der Waals surface area contributed by atoms with Gasteiger partial charge in [0.15, 0.2) is 0 Å². The standard InChI is InChI=1S/C9H10N4O/c10-7-4-2-1-3-6(7)5-8-12-9(11)13-14-8/h1-4H,5,10H2,(H2,11,13). The van der Waals surface area contributed by atoms with E-state index in [-0.39, 0.29) is 5.95 Å². The number of nitrogens with two attached hydrogens (primary N) is 2. The van der Waals surface area contributed by atoms with Crippen LogP contribution >= 0.6 is 0 Å². The molecule has 2 rings (SSSR count). The van der Waals surface area contributed by atoms with Crippen LogP contribution in [0.2, 0.25) is 0 Å². The third kappa shape index (κ3) is 1.66. The van der Waals surface area contributed by atoms with E-state index < -0.39 is 0 Å². The summed E-state index contributed by atoms with van der Waals surface area (Å²) < 4.78 is 4.88. The van der Waals surface area contributed by atoms with Crippen molar-refractivity contribution >= 4 is 11.6 Å². The van der Waals surface area contributed by atoms with Crippen LogP contribution in [0.25, 0.3) is 0 Å². The molecule has 14 heavy (non-hydrogen) atoms. The zero-order valence-corrected chi connectivity index (χ0v) is 7.47. The molecule has 1 aromatic carbocycles. The Morgan fingerprint density at radius 1 is 1.21 bits per heavy atom. The minimum atomic E-state index is 0.148. The number of hydrogen-bond acceptors (Lipinski definition) is 5. The van der Waals surface area contributed by atoms with E-state index in [0.717, 1.165) is 5.56 Å². The molecule has 1 heterocycles. The fraction of sp³-hybridized carbons (Fsp3) is 0.111. The first-order chi connectivity index (χ1) is 6.75. The Balaban J connectivity index is 2.23. The lowest BCUT2D eigenvalue weighted by molar-refractivity contribution is 0.386. The molecule has 0 aliphatic rings. The number of nitrogen functional groups attached to an aromatic ring is 2. The van der Waals surface area contributed by atoms with Crippen molar-refractivity contribution in [3.05, 3.63) is 35.7 Å². The molecule has 72 valence electrons. The minimum Gasteiger partial charge on any atom is -0.398 e. The number of anilines is 2. The molecule has 0 aliphatic heterocycles. The monoisotopic (exact) mass is 190 g/mol. The smallest absolute Gasteiger partial charge is 0.260 e. The molecule has 0 fully saturated rings. The summed E-state index contributed by atoms with van der Waals surface area (Å²) in [7, 11) is 0. The molecule has 0 atom stereocenters. The first-order valence-electron chi connectivity index (χ1n) is 4.17. The second kappa shape index (κ2) is 3.37. The lowest BCUT2D eigenvalue weighted by Crippen LogP contribution is -1.95. The Kier molecular flexibility index (Phi) is 2.06. The van der Waals surface area contributed by atoms with Gasteiger partial charge in [-0.25, -0.2) is 0 Å². The van der Waals surface area contributed by atoms with Crippen LogP contribution in [-0.2, 0) is 6.42 Å². The first kappa shape index (κ1) is 8.55. The van der Waals surface area contributed by atoms with E-state index in [2.05, 4.69) is 10.1 Å². The summed E-state index contributed by atoms with van der Waals surface area (Å²) in [6.07, 6.45) is 0.511. The van der Waals surface area contributed by atoms with Gasteiger partial charge >= 0.3 is 0 Å². The van der Waals surface area contributed by atoms with Crippen molar-refractivity contribution in [3.63, 3.8) is 0 Å². The van der Waals surface area contributed by atoms with E-state index >= 15 is 0 Å². The molecule has 5 heteroatoms. The highest BCUT2D eigenvalue weighted by molar-refractivity contribution is 5.47. The van der Waals surface area contributed by atoms with Crippen LogP contribution in [-0.4, -0.2) is 10.1 Å². The Morgan fingerprint density at radius 3 is 2.64 bits per heavy atom. The van der Waals surface area contributed by atoms with Crippen LogP contribution < -0.4 is 11.5 Å². The largest absolute Gasteiger partial charge is 0.398 e. The summed E-state index contributed by atoms with van der Waals surface area (Å²) in [5.74, 6) is 0.620. The van der Waals surface area contributed by atoms with E-state index in [4.69, 9.17) is 16.0 Å². The summed E-state index contributed by atoms with van der Waals surface area (Å²) >= 11 is 0. The summed E-state index contributed by atoms with van der Waals surface area (Å²) in [5.41, 5.74) is 12.7. The molecule has 2 aromatic rings. The summed E-state index contributed by atoms with van der Waals surface area (Å²) in [5, 5.41) is 3.49. The number of benzene rings is 1. The molecular weight excluding hydrogens is 180 g/mol. The van der Waals surface area contributed by atoms with Gasteiger partial charge in [-0.05, 0) is 16.8 Å². The molecule has 0 radical (unpaired) electrons. The van der Waals surface area contributed by atoms with Gasteiger partial charge in [0.2, 0.25) is 5.89 Å². The van der Waals surface area contributed by atoms with E-state index in [1.54, 1.807) is 0 Å². The Bertz CT molecular complexity index is 438. The van der Waals surface area contributed by atoms with Crippen LogP contribution in [0.4, 0.5) is 11.6 Å². The van der Waals surface area contributed by atoms with Gasteiger partial charge in [0.05, 0.1) is 6.42 Å². The fourth-order valence-electron chi connectivity index (χ4n) is 1.20. The molecule has 1 aromatic heterocycles. The van der Waals surface area contributed by atoms with Crippen molar-refractivity contribution in [1.82, 2.24) is 10.1 Å². The summed E-state index contributed by atoms with van der Waals surface area (Å²) in [6, 6.07) is 7.53. The number of rotatable bonds is 2. The maximum Gasteiger partial charge on any atom is 0.260 e. The Hall–Kier alpha value is -2.04. The third-order valence-electron chi connectivity index (χ3n) is 1.88. The number of aromatic nitrogens is 2. The lowest BCUT2D eigenvalue weighted by atomic mass is 10.1. The second-order valence-electron chi connectivity index (χ2n) is 2.92. The van der Waals surface area contributed by atoms with Crippen molar-refractivity contribution in [3.8, 4) is 0 Å². The summed E-state index contributed by atoms with van der Waals surface area (Å²) in [4.78, 5) is 3.89. The lowest BCUT2D eigenvalue weighted by Gasteiger charge is -2.00. The highest BCUT2D eigenvalue weighted by atomic mass is 16.5. The normalized spacial score (nSPS) is 10.3. The third-order valence-corrected chi connectivity index (χ3v) is 1.88. The second-order valence-corrected chi connectivity index (χ2v) is 2.92. The maximum absolute atomic E-state index is 5.75. The van der Waals surface area contributed by atoms with E-state index in [1.807, 2.05) is 24.3 Å². The van der Waals surface area contributed by atoms with Crippen molar-refractivity contribution in [2.24, 2.45) is 0 Å². The first-order valence-corrected chi connectivity index (χ1v) is 4.17. The average Bonchev–Trinajstić information content (AvgIpc) is 2.56. The predicted octanol–water partition coefficient (Wildman–Crippen LogP) is 0.825. The fourth-order valence-corrected chi connectivity index (χ4v) is 1.20. The average molecular weight is 190 g/mol. The Morgan fingerprint density at radius 2 is 2.00 bits per heavy atom. The van der Waals surface area contributed by atoms with Gasteiger partial charge in [-0.2, -0.15) is 4.98 Å². The predicted molar refractivity (Wildman–Crippen MR) is 52.4 cm³/mol. The highest BCUT2D eigenvalue weighted by Crippen LogP contribution is 2.14. The van der Waals surface area contributed by atoms with Gasteiger partial charge in [0, 0.05) is 5.69 Å². The minimum absolute atomic E-state index is 0.148. The molecule has 0 aliphatic carbocycles. The molecule has 0 bridgehead atoms. The quantitative estimate of drug-likeness (QED) is 0.684. The van der Waals surface area contributed by atoms with Gasteiger partial charge in [-0.15, -0.1) is 0 Å². The molecule has 0 unspecified atom stereocenters. The molecule has 4 N–H and O–H groups in total. The van der Waals surface area contributed by atoms with E-state index in [9.17, 15) is 0 Å². The molecule has 0 amide bonds. The zero-order valence-electron chi connectivity index (χ0n) is 7.47. The van der Waals surface area contributed by atoms with Gasteiger partial charge in [0.1, 0.15) is 0 Å². The number of nitrogens with zero attached hydrogens (tertiary/aromatic N) is 2. The van der Waals surface area contributed by atoms with Gasteiger partial charge in [-0.3, -0.25) is 0 Å². The van der Waals surface area contributed by atoms with Crippen LogP contribution in [0.5, 0.6) is 0 Å². The van der Waals surface area contributed by atoms with Crippen molar-refractivity contribution in [1.29, 1.82) is 0 Å². The molecule has 0 spiro atoms. The van der Waals surface area contributed by atoms with Crippen LogP contribution in [0, 0.1) is 0 Å². The maximum atomic E-state index is 5.75. The van der Waals surface area contributed by atoms with Gasteiger partial charge in [-0.1, -0.05) is 18.2 Å². The van der Waals surface area contributed by atoms with Crippen LogP contribution in [0.3, 0.4) is 0 Å². The SMILES string of the molecule is Nc1noc(Cc2ccccc2N)n1. The Labute approximate surface area is 80.7 Å². The van der Waals surface area contributed by atoms with Crippen molar-refractivity contribution < 1.29 is 4.52 Å². The number of para-hydroxylation sites is 1. The summed E-state index contributed by atoms with van der Waals surface area (Å²) in [6.45, 7) is 0. The van der Waals surface area contributed by atoms with E-state index in [0.29, 0.717) is 18.0 Å². The molecular formula is C9H10N4O. The van der Waals surface area contributed by atoms with Gasteiger partial charge < -0.3 is 16.0 Å². The van der Waals surface area contributed by atoms with Crippen LogP contribution in [0.15, 0.2) is 28.8 Å². The highest BCUT2D eigenvalue weighted by Gasteiger charge is 2.06. The molecule has 0 saturated carbocycles. The molecule has 0 saturated heterocycles. The number of hydrogen-bond donors (Lipinski definition) is 2. The van der Waals surface area contributed by atoms with Gasteiger partial charge in [0.25, 0.3) is 5.95 Å². The van der Waals surface area contributed by atoms with Crippen molar-refractivity contribution in [2.45, 2.75) is 6.42 Å².